The van der Waals surface area contributed by atoms with Crippen molar-refractivity contribution in [3.8, 4) is 0 Å². The van der Waals surface area contributed by atoms with Crippen molar-refractivity contribution in [3.05, 3.63) is 95.8 Å². The van der Waals surface area contributed by atoms with Gasteiger partial charge >= 0.3 is 0 Å². The van der Waals surface area contributed by atoms with Gasteiger partial charge in [-0.15, -0.1) is 0 Å². The van der Waals surface area contributed by atoms with Crippen molar-refractivity contribution < 1.29 is 4.79 Å². The lowest BCUT2D eigenvalue weighted by Crippen LogP contribution is -2.22. The summed E-state index contributed by atoms with van der Waals surface area (Å²) in [6.07, 6.45) is 3.74. The highest BCUT2D eigenvalue weighted by molar-refractivity contribution is 6.07. The lowest BCUT2D eigenvalue weighted by molar-refractivity contribution is 0.0952. The predicted octanol–water partition coefficient (Wildman–Crippen LogP) is 4.08. The summed E-state index contributed by atoms with van der Waals surface area (Å²) in [7, 11) is 3.91. The first kappa shape index (κ1) is 18.7. The predicted molar refractivity (Wildman–Crippen MR) is 117 cm³/mol. The van der Waals surface area contributed by atoms with E-state index in [2.05, 4.69) is 33.1 Å². The molecule has 1 amide bonds. The molecule has 0 radical (unpaired) electrons. The fraction of sp³-hybridized carbons (Fsp3) is 0.167. The number of hydrogen-bond acceptors (Lipinski definition) is 3. The molecule has 146 valence electrons. The normalized spacial score (nSPS) is 10.8. The van der Waals surface area contributed by atoms with Crippen molar-refractivity contribution in [2.45, 2.75) is 13.1 Å². The average Bonchev–Trinajstić information content (AvgIpc) is 3.12. The summed E-state index contributed by atoms with van der Waals surface area (Å²) in [5, 5.41) is 3.99. The quantitative estimate of drug-likeness (QED) is 0.545. The first-order chi connectivity index (χ1) is 14.1. The molecule has 29 heavy (non-hydrogen) atoms. The van der Waals surface area contributed by atoms with E-state index in [9.17, 15) is 4.79 Å². The lowest BCUT2D eigenvalue weighted by Gasteiger charge is -2.11. The Bertz CT molecular complexity index is 1110. The molecule has 0 atom stereocenters. The van der Waals surface area contributed by atoms with E-state index in [4.69, 9.17) is 0 Å². The number of anilines is 1. The van der Waals surface area contributed by atoms with Crippen LogP contribution in [0.1, 0.15) is 21.5 Å². The van der Waals surface area contributed by atoms with Crippen molar-refractivity contribution in [1.82, 2.24) is 14.9 Å². The van der Waals surface area contributed by atoms with Crippen LogP contribution in [0.3, 0.4) is 0 Å². The molecule has 0 aliphatic heterocycles. The molecule has 5 heteroatoms. The molecule has 4 aromatic rings. The highest BCUT2D eigenvalue weighted by Crippen LogP contribution is 2.22. The number of para-hydroxylation sites is 1. The zero-order valence-corrected chi connectivity index (χ0v) is 16.7. The molecular weight excluding hydrogens is 360 g/mol. The van der Waals surface area contributed by atoms with E-state index in [1.807, 2.05) is 73.7 Å². The second kappa shape index (κ2) is 8.19. The molecular formula is C24H24N4O. The summed E-state index contributed by atoms with van der Waals surface area (Å²) in [5.41, 5.74) is 3.91. The van der Waals surface area contributed by atoms with Crippen LogP contribution in [0.2, 0.25) is 0 Å². The van der Waals surface area contributed by atoms with Gasteiger partial charge in [0.1, 0.15) is 5.82 Å². The third kappa shape index (κ3) is 4.14. The molecule has 0 bridgehead atoms. The highest BCUT2D eigenvalue weighted by Gasteiger charge is 2.15. The highest BCUT2D eigenvalue weighted by atomic mass is 16.1. The average molecular weight is 384 g/mol. The number of rotatable bonds is 6. The number of hydrogen-bond donors (Lipinski definition) is 1. The zero-order chi connectivity index (χ0) is 20.2. The van der Waals surface area contributed by atoms with Gasteiger partial charge in [0.05, 0.1) is 5.56 Å². The second-order valence-corrected chi connectivity index (χ2v) is 7.28. The van der Waals surface area contributed by atoms with Crippen molar-refractivity contribution in [3.63, 3.8) is 0 Å². The molecule has 5 nitrogen and oxygen atoms in total. The third-order valence-electron chi connectivity index (χ3n) is 4.95. The van der Waals surface area contributed by atoms with Gasteiger partial charge in [-0.1, -0.05) is 54.6 Å². The van der Waals surface area contributed by atoms with Crippen LogP contribution in [0.15, 0.2) is 79.1 Å². The zero-order valence-electron chi connectivity index (χ0n) is 16.7. The van der Waals surface area contributed by atoms with Crippen LogP contribution in [0.25, 0.3) is 10.9 Å². The summed E-state index contributed by atoms with van der Waals surface area (Å²) in [5.74, 6) is 0.814. The second-order valence-electron chi connectivity index (χ2n) is 7.28. The standard InChI is InChI=1S/C24H24N4O/c1-27(2)23-13-12-19(14-25-23)15-26-24(29)21-17-28(16-18-8-4-3-5-9-18)22-11-7-6-10-20(21)22/h3-14,17H,15-16H2,1-2H3,(H,26,29). The van der Waals surface area contributed by atoms with Crippen molar-refractivity contribution in [1.29, 1.82) is 0 Å². The number of amides is 1. The molecule has 2 aromatic heterocycles. The van der Waals surface area contributed by atoms with E-state index in [1.54, 1.807) is 6.20 Å². The lowest BCUT2D eigenvalue weighted by atomic mass is 10.1. The number of benzene rings is 2. The van der Waals surface area contributed by atoms with Gasteiger partial charge in [-0.2, -0.15) is 0 Å². The molecule has 0 saturated heterocycles. The Labute approximate surface area is 170 Å². The Morgan fingerprint density at radius 3 is 2.45 bits per heavy atom. The molecule has 0 saturated carbocycles. The van der Waals surface area contributed by atoms with Crippen LogP contribution in [0.4, 0.5) is 5.82 Å². The number of carbonyl (C=O) groups excluding carboxylic acids is 1. The van der Waals surface area contributed by atoms with Gasteiger partial charge in [0.15, 0.2) is 0 Å². The molecule has 2 aromatic carbocycles. The van der Waals surface area contributed by atoms with Crippen LogP contribution in [-0.4, -0.2) is 29.6 Å². The molecule has 0 spiro atoms. The van der Waals surface area contributed by atoms with Crippen molar-refractivity contribution in [2.75, 3.05) is 19.0 Å². The van der Waals surface area contributed by atoms with E-state index in [0.717, 1.165) is 28.8 Å². The molecule has 0 unspecified atom stereocenters. The fourth-order valence-corrected chi connectivity index (χ4v) is 3.40. The van der Waals surface area contributed by atoms with Gasteiger partial charge in [0.25, 0.3) is 5.91 Å². The summed E-state index contributed by atoms with van der Waals surface area (Å²) >= 11 is 0. The van der Waals surface area contributed by atoms with E-state index in [-0.39, 0.29) is 5.91 Å². The molecule has 4 rings (SSSR count). The van der Waals surface area contributed by atoms with Gasteiger partial charge in [-0.3, -0.25) is 4.79 Å². The Balaban J connectivity index is 1.54. The first-order valence-corrected chi connectivity index (χ1v) is 9.64. The molecule has 0 aliphatic carbocycles. The minimum absolute atomic E-state index is 0.0790. The molecule has 2 heterocycles. The molecule has 1 N–H and O–H groups in total. The van der Waals surface area contributed by atoms with Crippen LogP contribution in [0.5, 0.6) is 0 Å². The van der Waals surface area contributed by atoms with E-state index >= 15 is 0 Å². The minimum atomic E-state index is -0.0790. The summed E-state index contributed by atoms with van der Waals surface area (Å²) in [6, 6.07) is 22.2. The van der Waals surface area contributed by atoms with E-state index < -0.39 is 0 Å². The molecule has 0 fully saturated rings. The monoisotopic (exact) mass is 384 g/mol. The maximum absolute atomic E-state index is 12.9. The number of nitrogens with zero attached hydrogens (tertiary/aromatic N) is 3. The van der Waals surface area contributed by atoms with Gasteiger partial charge in [0.2, 0.25) is 0 Å². The van der Waals surface area contributed by atoms with E-state index in [0.29, 0.717) is 12.1 Å². The first-order valence-electron chi connectivity index (χ1n) is 9.64. The Morgan fingerprint density at radius 2 is 1.72 bits per heavy atom. The van der Waals surface area contributed by atoms with Crippen molar-refractivity contribution in [2.24, 2.45) is 0 Å². The van der Waals surface area contributed by atoms with Crippen LogP contribution < -0.4 is 10.2 Å². The maximum Gasteiger partial charge on any atom is 0.253 e. The molecule has 0 aliphatic rings. The Morgan fingerprint density at radius 1 is 0.966 bits per heavy atom. The number of aromatic nitrogens is 2. The van der Waals surface area contributed by atoms with Crippen LogP contribution in [0, 0.1) is 0 Å². The van der Waals surface area contributed by atoms with Crippen LogP contribution >= 0.6 is 0 Å². The fourth-order valence-electron chi connectivity index (χ4n) is 3.40. The Hall–Kier alpha value is -3.60. The van der Waals surface area contributed by atoms with Gasteiger partial charge < -0.3 is 14.8 Å². The minimum Gasteiger partial charge on any atom is -0.363 e. The van der Waals surface area contributed by atoms with Gasteiger partial charge in [0, 0.05) is 50.5 Å². The summed E-state index contributed by atoms with van der Waals surface area (Å²) in [4.78, 5) is 19.3. The third-order valence-corrected chi connectivity index (χ3v) is 4.95. The van der Waals surface area contributed by atoms with Gasteiger partial charge in [-0.25, -0.2) is 4.98 Å². The topological polar surface area (TPSA) is 50.2 Å². The number of fused-ring (bicyclic) bond motifs is 1. The SMILES string of the molecule is CN(C)c1ccc(CNC(=O)c2cn(Cc3ccccc3)c3ccccc23)cn1. The smallest absolute Gasteiger partial charge is 0.253 e. The van der Waals surface area contributed by atoms with Crippen LogP contribution in [-0.2, 0) is 13.1 Å². The Kier molecular flexibility index (Phi) is 5.29. The number of carbonyl (C=O) groups is 1. The summed E-state index contributed by atoms with van der Waals surface area (Å²) in [6.45, 7) is 1.17. The maximum atomic E-state index is 12.9. The summed E-state index contributed by atoms with van der Waals surface area (Å²) < 4.78 is 2.13. The van der Waals surface area contributed by atoms with Gasteiger partial charge in [-0.05, 0) is 23.3 Å². The number of nitrogens with one attached hydrogen (secondary N) is 1. The largest absolute Gasteiger partial charge is 0.363 e. The van der Waals surface area contributed by atoms with Crippen molar-refractivity contribution >= 4 is 22.6 Å². The van der Waals surface area contributed by atoms with E-state index in [1.165, 1.54) is 5.56 Å². The number of pyridine rings is 1.